The Morgan fingerprint density at radius 3 is 2.73 bits per heavy atom. The van der Waals surface area contributed by atoms with Gasteiger partial charge in [0.25, 0.3) is 0 Å². The van der Waals surface area contributed by atoms with Gasteiger partial charge in [-0.05, 0) is 0 Å². The van der Waals surface area contributed by atoms with E-state index in [-0.39, 0.29) is 0 Å². The van der Waals surface area contributed by atoms with E-state index in [2.05, 4.69) is 6.58 Å². The van der Waals surface area contributed by atoms with Crippen LogP contribution < -0.4 is 2.77 Å². The number of para-hydroxylation sites is 1. The summed E-state index contributed by atoms with van der Waals surface area (Å²) >= 11 is -0.629. The van der Waals surface area contributed by atoms with Gasteiger partial charge in [-0.2, -0.15) is 0 Å². The number of rotatable bonds is 4. The van der Waals surface area contributed by atoms with Crippen molar-refractivity contribution in [2.45, 2.75) is 4.08 Å². The van der Waals surface area contributed by atoms with Crippen LogP contribution in [0.15, 0.2) is 43.0 Å². The van der Waals surface area contributed by atoms with Gasteiger partial charge in [0.15, 0.2) is 0 Å². The van der Waals surface area contributed by atoms with Crippen molar-refractivity contribution in [3.63, 3.8) is 0 Å². The van der Waals surface area contributed by atoms with Crippen LogP contribution in [0.2, 0.25) is 4.08 Å². The molecular formula is C9H10OPo. The van der Waals surface area contributed by atoms with Gasteiger partial charge in [0.1, 0.15) is 0 Å². The molecule has 0 heterocycles. The predicted octanol–water partition coefficient (Wildman–Crippen LogP) is 2.29. The van der Waals surface area contributed by atoms with Gasteiger partial charge in [-0.15, -0.1) is 0 Å². The predicted molar refractivity (Wildman–Crippen MR) is 47.8 cm³/mol. The van der Waals surface area contributed by atoms with Gasteiger partial charge in [-0.1, -0.05) is 0 Å². The average Bonchev–Trinajstić information content (AvgIpc) is 2.07. The Hall–Kier alpha value is -0.344. The molecule has 1 aromatic carbocycles. The van der Waals surface area contributed by atoms with E-state index in [1.165, 1.54) is 0 Å². The Bertz CT molecular complexity index is 208. The fourth-order valence-corrected chi connectivity index (χ4v) is 2.23. The molecule has 0 aliphatic heterocycles. The van der Waals surface area contributed by atoms with Crippen molar-refractivity contribution >= 4 is 24.0 Å². The van der Waals surface area contributed by atoms with Crippen molar-refractivity contribution in [1.29, 1.82) is 0 Å². The standard InChI is InChI=1S/C6H6O.C3H5.Po/c7-6-4-2-1-3-5-6;1-3-2;/h1-5,7H;3H,1-2H2;/q;;+1/p-1. The van der Waals surface area contributed by atoms with Gasteiger partial charge in [0.2, 0.25) is 0 Å². The second kappa shape index (κ2) is 5.33. The Labute approximate surface area is 79.5 Å². The molecule has 0 unspecified atom stereocenters. The summed E-state index contributed by atoms with van der Waals surface area (Å²) in [7, 11) is 0. The van der Waals surface area contributed by atoms with E-state index in [1.807, 2.05) is 36.4 Å². The number of benzene rings is 1. The number of hydrogen-bond acceptors (Lipinski definition) is 1. The summed E-state index contributed by atoms with van der Waals surface area (Å²) < 4.78 is 6.61. The van der Waals surface area contributed by atoms with E-state index < -0.39 is 24.0 Å². The van der Waals surface area contributed by atoms with Crippen LogP contribution in [0.25, 0.3) is 0 Å². The molecule has 0 aliphatic carbocycles. The van der Waals surface area contributed by atoms with Crippen molar-refractivity contribution in [3.8, 4) is 5.75 Å². The zero-order chi connectivity index (χ0) is 7.94. The Morgan fingerprint density at radius 2 is 2.09 bits per heavy atom. The molecule has 1 rings (SSSR count). The van der Waals surface area contributed by atoms with Gasteiger partial charge in [0, 0.05) is 0 Å². The van der Waals surface area contributed by atoms with Crippen LogP contribution in [0.5, 0.6) is 5.75 Å². The SMILES string of the molecule is C=C[CH2][Po][O]c1ccccc1. The molecule has 0 radical (unpaired) electrons. The van der Waals surface area contributed by atoms with Crippen LogP contribution >= 0.6 is 0 Å². The second-order valence-electron chi connectivity index (χ2n) is 1.97. The monoisotopic (exact) mass is 343 g/mol. The molecular weight excluding hydrogens is 333 g/mol. The molecule has 0 N–H and O–H groups in total. The first-order valence-electron chi connectivity index (χ1n) is 3.39. The molecule has 58 valence electrons. The third-order valence-electron chi connectivity index (χ3n) is 1.08. The van der Waals surface area contributed by atoms with E-state index in [1.54, 1.807) is 0 Å². The number of hydrogen-bond donors (Lipinski definition) is 0. The molecule has 0 aromatic heterocycles. The molecule has 1 nitrogen and oxygen atoms in total. The number of allylic oxidation sites excluding steroid dienone is 1. The third-order valence-corrected chi connectivity index (χ3v) is 3.74. The van der Waals surface area contributed by atoms with Crippen molar-refractivity contribution in [2.75, 3.05) is 0 Å². The summed E-state index contributed by atoms with van der Waals surface area (Å²) in [6.07, 6.45) is 1.92. The molecule has 0 saturated carbocycles. The van der Waals surface area contributed by atoms with Crippen LogP contribution in [0.4, 0.5) is 0 Å². The fraction of sp³-hybridized carbons (Fsp3) is 0.111. The molecule has 1 aromatic rings. The first-order valence-corrected chi connectivity index (χ1v) is 6.93. The van der Waals surface area contributed by atoms with Crippen LogP contribution in [-0.2, 0) is 0 Å². The molecule has 2 heteroatoms. The maximum absolute atomic E-state index is 5.54. The first kappa shape index (κ1) is 8.75. The van der Waals surface area contributed by atoms with E-state index in [9.17, 15) is 0 Å². The first-order chi connectivity index (χ1) is 5.43. The molecule has 0 fully saturated rings. The Morgan fingerprint density at radius 1 is 1.36 bits per heavy atom. The average molecular weight is 343 g/mol. The van der Waals surface area contributed by atoms with E-state index in [0.29, 0.717) is 0 Å². The molecule has 0 bridgehead atoms. The topological polar surface area (TPSA) is 9.23 Å². The van der Waals surface area contributed by atoms with Crippen LogP contribution in [0, 0.1) is 0 Å². The summed E-state index contributed by atoms with van der Waals surface area (Å²) in [6, 6.07) is 9.95. The van der Waals surface area contributed by atoms with Gasteiger partial charge in [-0.25, -0.2) is 0 Å². The minimum atomic E-state index is -0.629. The maximum atomic E-state index is 5.54. The second-order valence-corrected chi connectivity index (χ2v) is 4.83. The summed E-state index contributed by atoms with van der Waals surface area (Å²) in [5, 5.41) is 0. The zero-order valence-corrected chi connectivity index (χ0v) is 9.37. The van der Waals surface area contributed by atoms with Crippen LogP contribution in [0.1, 0.15) is 0 Å². The van der Waals surface area contributed by atoms with E-state index in [4.69, 9.17) is 2.77 Å². The van der Waals surface area contributed by atoms with Crippen molar-refractivity contribution in [2.24, 2.45) is 0 Å². The van der Waals surface area contributed by atoms with Crippen molar-refractivity contribution in [1.82, 2.24) is 0 Å². The molecule has 0 amide bonds. The normalized spacial score (nSPS) is 9.09. The quantitative estimate of drug-likeness (QED) is 0.602. The Balaban J connectivity index is 2.33. The van der Waals surface area contributed by atoms with E-state index in [0.717, 1.165) is 9.83 Å². The zero-order valence-electron chi connectivity index (χ0n) is 6.19. The van der Waals surface area contributed by atoms with Crippen LogP contribution in [-0.4, -0.2) is 24.0 Å². The molecule has 0 spiro atoms. The molecule has 11 heavy (non-hydrogen) atoms. The van der Waals surface area contributed by atoms with Crippen LogP contribution in [0.3, 0.4) is 0 Å². The van der Waals surface area contributed by atoms with Gasteiger partial charge >= 0.3 is 79.6 Å². The summed E-state index contributed by atoms with van der Waals surface area (Å²) in [6.45, 7) is 3.65. The van der Waals surface area contributed by atoms with Gasteiger partial charge in [-0.3, -0.25) is 0 Å². The van der Waals surface area contributed by atoms with E-state index >= 15 is 0 Å². The van der Waals surface area contributed by atoms with Crippen molar-refractivity contribution < 1.29 is 2.77 Å². The minimum absolute atomic E-state index is 0.629. The summed E-state index contributed by atoms with van der Waals surface area (Å²) in [5.74, 6) is 0.999. The summed E-state index contributed by atoms with van der Waals surface area (Å²) in [5.41, 5.74) is 0. The van der Waals surface area contributed by atoms with Gasteiger partial charge in [0.05, 0.1) is 0 Å². The fourth-order valence-electron chi connectivity index (χ4n) is 0.626. The Kier molecular flexibility index (Phi) is 4.24. The molecule has 0 aliphatic rings. The molecule has 0 saturated heterocycles. The summed E-state index contributed by atoms with van der Waals surface area (Å²) in [4.78, 5) is 0. The third kappa shape index (κ3) is 3.53. The van der Waals surface area contributed by atoms with Crippen molar-refractivity contribution in [3.05, 3.63) is 43.0 Å². The van der Waals surface area contributed by atoms with Gasteiger partial charge < -0.3 is 0 Å². The molecule has 0 atom stereocenters.